The molecule has 2 aromatic rings. The molecule has 4 heteroatoms. The van der Waals surface area contributed by atoms with Gasteiger partial charge in [0.05, 0.1) is 17.6 Å². The Morgan fingerprint density at radius 2 is 2.06 bits per heavy atom. The van der Waals surface area contributed by atoms with Crippen molar-refractivity contribution in [2.75, 3.05) is 7.05 Å². The summed E-state index contributed by atoms with van der Waals surface area (Å²) in [6, 6.07) is 8.33. The van der Waals surface area contributed by atoms with Crippen molar-refractivity contribution in [3.63, 3.8) is 0 Å². The molecule has 0 spiro atoms. The number of benzene rings is 1. The summed E-state index contributed by atoms with van der Waals surface area (Å²) in [4.78, 5) is 0. The third kappa shape index (κ3) is 2.22. The van der Waals surface area contributed by atoms with Crippen molar-refractivity contribution in [3.05, 3.63) is 46.2 Å². The SMILES string of the molecule is CNCc1cnn(-c2ccc(Br)cc2)c1C1CC1. The van der Waals surface area contributed by atoms with Crippen LogP contribution in [0.1, 0.15) is 30.0 Å². The molecule has 1 aromatic carbocycles. The summed E-state index contributed by atoms with van der Waals surface area (Å²) < 4.78 is 3.19. The number of hydrogen-bond acceptors (Lipinski definition) is 2. The molecule has 0 atom stereocenters. The fourth-order valence-corrected chi connectivity index (χ4v) is 2.56. The second-order valence-electron chi connectivity index (χ2n) is 4.75. The average molecular weight is 306 g/mol. The number of nitrogens with one attached hydrogen (secondary N) is 1. The Balaban J connectivity index is 2.03. The summed E-state index contributed by atoms with van der Waals surface area (Å²) in [6.45, 7) is 0.891. The molecule has 94 valence electrons. The van der Waals surface area contributed by atoms with Gasteiger partial charge in [-0.2, -0.15) is 5.10 Å². The highest BCUT2D eigenvalue weighted by atomic mass is 79.9. The van der Waals surface area contributed by atoms with Crippen LogP contribution in [0.2, 0.25) is 0 Å². The predicted octanol–water partition coefficient (Wildman–Crippen LogP) is 3.23. The Bertz CT molecular complexity index is 541. The number of hydrogen-bond donors (Lipinski definition) is 1. The van der Waals surface area contributed by atoms with Crippen molar-refractivity contribution in [2.24, 2.45) is 0 Å². The number of aromatic nitrogens is 2. The molecule has 1 saturated carbocycles. The van der Waals surface area contributed by atoms with Crippen molar-refractivity contribution in [2.45, 2.75) is 25.3 Å². The summed E-state index contributed by atoms with van der Waals surface area (Å²) in [5.41, 5.74) is 3.84. The van der Waals surface area contributed by atoms with Crippen LogP contribution >= 0.6 is 15.9 Å². The molecule has 1 aromatic heterocycles. The van der Waals surface area contributed by atoms with E-state index in [0.29, 0.717) is 5.92 Å². The standard InChI is InChI=1S/C14H16BrN3/c1-16-8-11-9-17-18(14(11)10-2-3-10)13-6-4-12(15)5-7-13/h4-7,9-10,16H,2-3,8H2,1H3. The minimum atomic E-state index is 0.694. The third-order valence-electron chi connectivity index (χ3n) is 3.29. The Morgan fingerprint density at radius 1 is 1.33 bits per heavy atom. The Kier molecular flexibility index (Phi) is 3.22. The molecule has 1 N–H and O–H groups in total. The lowest BCUT2D eigenvalue weighted by atomic mass is 10.1. The van der Waals surface area contributed by atoms with Crippen LogP contribution < -0.4 is 5.32 Å². The first-order valence-corrected chi connectivity index (χ1v) is 7.06. The molecule has 1 fully saturated rings. The highest BCUT2D eigenvalue weighted by Crippen LogP contribution is 2.42. The Hall–Kier alpha value is -1.13. The zero-order valence-corrected chi connectivity index (χ0v) is 11.9. The highest BCUT2D eigenvalue weighted by molar-refractivity contribution is 9.10. The normalized spacial score (nSPS) is 15.0. The van der Waals surface area contributed by atoms with E-state index in [-0.39, 0.29) is 0 Å². The second kappa shape index (κ2) is 4.86. The van der Waals surface area contributed by atoms with Gasteiger partial charge in [0.25, 0.3) is 0 Å². The van der Waals surface area contributed by atoms with Gasteiger partial charge in [0, 0.05) is 22.5 Å². The van der Waals surface area contributed by atoms with Gasteiger partial charge in [-0.1, -0.05) is 15.9 Å². The topological polar surface area (TPSA) is 29.9 Å². The van der Waals surface area contributed by atoms with Crippen molar-refractivity contribution in [3.8, 4) is 5.69 Å². The number of rotatable bonds is 4. The van der Waals surface area contributed by atoms with E-state index in [0.717, 1.165) is 16.7 Å². The van der Waals surface area contributed by atoms with Crippen molar-refractivity contribution in [1.29, 1.82) is 0 Å². The first-order valence-electron chi connectivity index (χ1n) is 6.27. The van der Waals surface area contributed by atoms with Gasteiger partial charge in [-0.25, -0.2) is 4.68 Å². The summed E-state index contributed by atoms with van der Waals surface area (Å²) in [5, 5.41) is 7.78. The molecule has 3 rings (SSSR count). The first-order chi connectivity index (χ1) is 8.79. The largest absolute Gasteiger partial charge is 0.316 e. The average Bonchev–Trinajstić information content (AvgIpc) is 3.13. The summed E-state index contributed by atoms with van der Waals surface area (Å²) >= 11 is 3.47. The van der Waals surface area contributed by atoms with Gasteiger partial charge in [0.1, 0.15) is 0 Å². The lowest BCUT2D eigenvalue weighted by Crippen LogP contribution is -2.08. The van der Waals surface area contributed by atoms with Gasteiger partial charge in [0.15, 0.2) is 0 Å². The van der Waals surface area contributed by atoms with Crippen LogP contribution in [0.15, 0.2) is 34.9 Å². The van der Waals surface area contributed by atoms with Gasteiger partial charge in [-0.05, 0) is 44.2 Å². The molecule has 18 heavy (non-hydrogen) atoms. The lowest BCUT2D eigenvalue weighted by Gasteiger charge is -2.09. The zero-order valence-electron chi connectivity index (χ0n) is 10.4. The van der Waals surface area contributed by atoms with E-state index in [4.69, 9.17) is 0 Å². The summed E-state index contributed by atoms with van der Waals surface area (Å²) in [7, 11) is 1.98. The van der Waals surface area contributed by atoms with E-state index in [1.807, 2.05) is 13.2 Å². The quantitative estimate of drug-likeness (QED) is 0.940. The van der Waals surface area contributed by atoms with Gasteiger partial charge < -0.3 is 5.32 Å². The molecule has 0 amide bonds. The molecule has 0 bridgehead atoms. The molecule has 1 heterocycles. The van der Waals surface area contributed by atoms with Crippen LogP contribution in [0.4, 0.5) is 0 Å². The fraction of sp³-hybridized carbons (Fsp3) is 0.357. The smallest absolute Gasteiger partial charge is 0.0649 e. The molecule has 0 radical (unpaired) electrons. The maximum absolute atomic E-state index is 4.56. The van der Waals surface area contributed by atoms with Crippen molar-refractivity contribution in [1.82, 2.24) is 15.1 Å². The molecule has 0 saturated heterocycles. The van der Waals surface area contributed by atoms with Crippen LogP contribution in [0.3, 0.4) is 0 Å². The maximum atomic E-state index is 4.56. The minimum absolute atomic E-state index is 0.694. The fourth-order valence-electron chi connectivity index (χ4n) is 2.30. The predicted molar refractivity (Wildman–Crippen MR) is 76.0 cm³/mol. The number of halogens is 1. The van der Waals surface area contributed by atoms with Crippen LogP contribution in [0, 0.1) is 0 Å². The lowest BCUT2D eigenvalue weighted by molar-refractivity contribution is 0.774. The van der Waals surface area contributed by atoms with Crippen LogP contribution in [-0.2, 0) is 6.54 Å². The van der Waals surface area contributed by atoms with E-state index in [1.54, 1.807) is 0 Å². The van der Waals surface area contributed by atoms with E-state index in [2.05, 4.69) is 55.3 Å². The van der Waals surface area contributed by atoms with Gasteiger partial charge in [-0.3, -0.25) is 0 Å². The highest BCUT2D eigenvalue weighted by Gasteiger charge is 2.30. The van der Waals surface area contributed by atoms with E-state index in [1.165, 1.54) is 24.1 Å². The van der Waals surface area contributed by atoms with Crippen molar-refractivity contribution < 1.29 is 0 Å². The number of nitrogens with zero attached hydrogens (tertiary/aromatic N) is 2. The van der Waals surface area contributed by atoms with E-state index >= 15 is 0 Å². The molecule has 1 aliphatic carbocycles. The van der Waals surface area contributed by atoms with Crippen LogP contribution in [-0.4, -0.2) is 16.8 Å². The second-order valence-corrected chi connectivity index (χ2v) is 5.66. The third-order valence-corrected chi connectivity index (χ3v) is 3.82. The zero-order chi connectivity index (χ0) is 12.5. The molecule has 3 nitrogen and oxygen atoms in total. The molecular weight excluding hydrogens is 290 g/mol. The summed E-state index contributed by atoms with van der Waals surface area (Å²) in [6.07, 6.45) is 4.57. The van der Waals surface area contributed by atoms with Crippen LogP contribution in [0.25, 0.3) is 5.69 Å². The molecular formula is C14H16BrN3. The Morgan fingerprint density at radius 3 is 2.67 bits per heavy atom. The molecule has 0 unspecified atom stereocenters. The van der Waals surface area contributed by atoms with Crippen molar-refractivity contribution >= 4 is 15.9 Å². The van der Waals surface area contributed by atoms with Gasteiger partial charge in [-0.15, -0.1) is 0 Å². The molecule has 0 aliphatic heterocycles. The van der Waals surface area contributed by atoms with Crippen LogP contribution in [0.5, 0.6) is 0 Å². The monoisotopic (exact) mass is 305 g/mol. The molecule has 1 aliphatic rings. The Labute approximate surface area is 115 Å². The first kappa shape index (κ1) is 11.9. The van der Waals surface area contributed by atoms with E-state index < -0.39 is 0 Å². The van der Waals surface area contributed by atoms with Gasteiger partial charge in [0.2, 0.25) is 0 Å². The maximum Gasteiger partial charge on any atom is 0.0649 e. The minimum Gasteiger partial charge on any atom is -0.316 e. The van der Waals surface area contributed by atoms with E-state index in [9.17, 15) is 0 Å². The van der Waals surface area contributed by atoms with Gasteiger partial charge >= 0.3 is 0 Å². The summed E-state index contributed by atoms with van der Waals surface area (Å²) in [5.74, 6) is 0.694.